The average Bonchev–Trinajstić information content (AvgIpc) is 2.69. The molecule has 0 amide bonds. The van der Waals surface area contributed by atoms with E-state index in [2.05, 4.69) is 37.4 Å². The number of benzene rings is 2. The van der Waals surface area contributed by atoms with Crippen LogP contribution in [-0.4, -0.2) is 25.9 Å². The summed E-state index contributed by atoms with van der Waals surface area (Å²) in [4.78, 5) is 0. The first kappa shape index (κ1) is 20.1. The van der Waals surface area contributed by atoms with Gasteiger partial charge in [0.1, 0.15) is 6.10 Å². The lowest BCUT2D eigenvalue weighted by Gasteiger charge is -2.17. The molecule has 0 heterocycles. The third-order valence-electron chi connectivity index (χ3n) is 3.98. The second-order valence-corrected chi connectivity index (χ2v) is 6.00. The van der Waals surface area contributed by atoms with Crippen LogP contribution in [0.3, 0.4) is 0 Å². The van der Waals surface area contributed by atoms with Crippen molar-refractivity contribution in [2.24, 2.45) is 0 Å². The second kappa shape index (κ2) is 11.4. The average molecular weight is 352 g/mol. The largest absolute Gasteiger partial charge is 0.374 e. The van der Waals surface area contributed by atoms with Gasteiger partial charge in [-0.3, -0.25) is 0 Å². The summed E-state index contributed by atoms with van der Waals surface area (Å²) in [5.41, 5.74) is 4.48. The minimum absolute atomic E-state index is 0.0695. The van der Waals surface area contributed by atoms with Crippen LogP contribution in [0.1, 0.15) is 29.2 Å². The summed E-state index contributed by atoms with van der Waals surface area (Å²) in [6, 6.07) is 16.3. The zero-order chi connectivity index (χ0) is 18.6. The number of ether oxygens (including phenoxy) is 3. The molecule has 26 heavy (non-hydrogen) atoms. The van der Waals surface area contributed by atoms with Crippen molar-refractivity contribution in [3.05, 3.63) is 83.9 Å². The van der Waals surface area contributed by atoms with Crippen molar-refractivity contribution in [3.63, 3.8) is 0 Å². The molecule has 0 spiro atoms. The molecule has 3 nitrogen and oxygen atoms in total. The first-order valence-corrected chi connectivity index (χ1v) is 8.95. The third kappa shape index (κ3) is 6.96. The van der Waals surface area contributed by atoms with E-state index in [0.717, 1.165) is 22.3 Å². The highest BCUT2D eigenvalue weighted by molar-refractivity contribution is 5.47. The van der Waals surface area contributed by atoms with Crippen LogP contribution in [0.15, 0.2) is 61.7 Å². The molecule has 0 saturated carbocycles. The first-order valence-electron chi connectivity index (χ1n) is 8.95. The molecule has 0 fully saturated rings. The van der Waals surface area contributed by atoms with Crippen molar-refractivity contribution in [1.29, 1.82) is 0 Å². The maximum absolute atomic E-state index is 5.80. The molecule has 0 aliphatic carbocycles. The Balaban J connectivity index is 1.72. The van der Waals surface area contributed by atoms with Gasteiger partial charge in [-0.25, -0.2) is 0 Å². The Morgan fingerprint density at radius 3 is 1.54 bits per heavy atom. The topological polar surface area (TPSA) is 27.7 Å². The van der Waals surface area contributed by atoms with Crippen molar-refractivity contribution in [2.45, 2.75) is 26.2 Å². The molecule has 0 aliphatic heterocycles. The van der Waals surface area contributed by atoms with Crippen LogP contribution in [0.2, 0.25) is 0 Å². The molecule has 2 rings (SSSR count). The summed E-state index contributed by atoms with van der Waals surface area (Å²) in [5.74, 6) is 0. The Hall–Kier alpha value is -2.20. The molecule has 0 N–H and O–H groups in total. The summed E-state index contributed by atoms with van der Waals surface area (Å²) in [5, 5.41) is 0. The summed E-state index contributed by atoms with van der Waals surface area (Å²) in [6.07, 6.45) is 3.59. The van der Waals surface area contributed by atoms with Crippen LogP contribution < -0.4 is 0 Å². The van der Waals surface area contributed by atoms with Crippen LogP contribution in [-0.2, 0) is 27.4 Å². The highest BCUT2D eigenvalue weighted by Gasteiger charge is 2.09. The van der Waals surface area contributed by atoms with Crippen molar-refractivity contribution in [1.82, 2.24) is 0 Å². The standard InChI is InChI=1S/C23H28O3/c1-4-19-7-11-21(12-8-19)15-24-17-23(26-6-3)18-25-16-22-13-9-20(5-2)10-14-22/h4-5,7-14,23H,1-2,6,15-18H2,3H3. The zero-order valence-corrected chi connectivity index (χ0v) is 15.5. The maximum Gasteiger partial charge on any atom is 0.104 e. The molecule has 3 heteroatoms. The molecule has 0 atom stereocenters. The van der Waals surface area contributed by atoms with Gasteiger partial charge in [-0.15, -0.1) is 0 Å². The van der Waals surface area contributed by atoms with Crippen molar-refractivity contribution >= 4 is 12.2 Å². The van der Waals surface area contributed by atoms with Crippen LogP contribution in [0.25, 0.3) is 12.2 Å². The molecule has 0 unspecified atom stereocenters. The van der Waals surface area contributed by atoms with E-state index in [1.807, 2.05) is 43.3 Å². The smallest absolute Gasteiger partial charge is 0.104 e. The van der Waals surface area contributed by atoms with Crippen LogP contribution >= 0.6 is 0 Å². The van der Waals surface area contributed by atoms with E-state index < -0.39 is 0 Å². The van der Waals surface area contributed by atoms with Gasteiger partial charge >= 0.3 is 0 Å². The predicted octanol–water partition coefficient (Wildman–Crippen LogP) is 5.11. The SMILES string of the molecule is C=Cc1ccc(COCC(COCc2ccc(C=C)cc2)OCC)cc1. The number of hydrogen-bond donors (Lipinski definition) is 0. The van der Waals surface area contributed by atoms with Crippen LogP contribution in [0.5, 0.6) is 0 Å². The van der Waals surface area contributed by atoms with Gasteiger partial charge in [0.2, 0.25) is 0 Å². The van der Waals surface area contributed by atoms with Gasteiger partial charge in [-0.05, 0) is 29.2 Å². The molecule has 0 bridgehead atoms. The second-order valence-electron chi connectivity index (χ2n) is 6.00. The van der Waals surface area contributed by atoms with Gasteiger partial charge < -0.3 is 14.2 Å². The Labute approximate surface area is 156 Å². The number of hydrogen-bond acceptors (Lipinski definition) is 3. The van der Waals surface area contributed by atoms with Gasteiger partial charge in [-0.1, -0.05) is 73.8 Å². The van der Waals surface area contributed by atoms with Crippen LogP contribution in [0.4, 0.5) is 0 Å². The Bertz CT molecular complexity index is 601. The molecule has 0 saturated heterocycles. The monoisotopic (exact) mass is 352 g/mol. The van der Waals surface area contributed by atoms with Crippen molar-refractivity contribution in [3.8, 4) is 0 Å². The fourth-order valence-corrected chi connectivity index (χ4v) is 2.50. The first-order chi connectivity index (χ1) is 12.7. The molecular weight excluding hydrogens is 324 g/mol. The highest BCUT2D eigenvalue weighted by Crippen LogP contribution is 2.09. The highest BCUT2D eigenvalue weighted by atomic mass is 16.6. The molecule has 0 aliphatic rings. The zero-order valence-electron chi connectivity index (χ0n) is 15.5. The van der Waals surface area contributed by atoms with Crippen molar-refractivity contribution in [2.75, 3.05) is 19.8 Å². The van der Waals surface area contributed by atoms with E-state index in [0.29, 0.717) is 33.0 Å². The van der Waals surface area contributed by atoms with E-state index in [4.69, 9.17) is 14.2 Å². The molecule has 138 valence electrons. The van der Waals surface area contributed by atoms with Gasteiger partial charge in [-0.2, -0.15) is 0 Å². The Kier molecular flexibility index (Phi) is 8.84. The van der Waals surface area contributed by atoms with E-state index in [-0.39, 0.29) is 6.10 Å². The summed E-state index contributed by atoms with van der Waals surface area (Å²) in [7, 11) is 0. The minimum Gasteiger partial charge on any atom is -0.374 e. The lowest BCUT2D eigenvalue weighted by Crippen LogP contribution is -2.25. The van der Waals surface area contributed by atoms with Crippen LogP contribution in [0, 0.1) is 0 Å². The van der Waals surface area contributed by atoms with Gasteiger partial charge in [0, 0.05) is 6.61 Å². The van der Waals surface area contributed by atoms with E-state index in [1.165, 1.54) is 0 Å². The maximum atomic E-state index is 5.80. The molecule has 2 aromatic rings. The fourth-order valence-electron chi connectivity index (χ4n) is 2.50. The summed E-state index contributed by atoms with van der Waals surface area (Å²) >= 11 is 0. The predicted molar refractivity (Wildman–Crippen MR) is 108 cm³/mol. The third-order valence-corrected chi connectivity index (χ3v) is 3.98. The van der Waals surface area contributed by atoms with Gasteiger partial charge in [0.05, 0.1) is 26.4 Å². The lowest BCUT2D eigenvalue weighted by atomic mass is 10.1. The Morgan fingerprint density at radius 1 is 0.769 bits per heavy atom. The van der Waals surface area contributed by atoms with Gasteiger partial charge in [0.15, 0.2) is 0 Å². The van der Waals surface area contributed by atoms with E-state index in [9.17, 15) is 0 Å². The normalized spacial score (nSPS) is 10.8. The lowest BCUT2D eigenvalue weighted by molar-refractivity contribution is -0.0630. The fraction of sp³-hybridized carbons (Fsp3) is 0.304. The number of rotatable bonds is 12. The molecular formula is C23H28O3. The van der Waals surface area contributed by atoms with E-state index in [1.54, 1.807) is 0 Å². The van der Waals surface area contributed by atoms with Gasteiger partial charge in [0.25, 0.3) is 0 Å². The summed E-state index contributed by atoms with van der Waals surface area (Å²) in [6.45, 7) is 12.3. The van der Waals surface area contributed by atoms with E-state index >= 15 is 0 Å². The minimum atomic E-state index is -0.0695. The van der Waals surface area contributed by atoms with Crippen molar-refractivity contribution < 1.29 is 14.2 Å². The Morgan fingerprint density at radius 2 is 1.19 bits per heavy atom. The molecule has 0 radical (unpaired) electrons. The summed E-state index contributed by atoms with van der Waals surface area (Å²) < 4.78 is 17.3. The molecule has 2 aromatic carbocycles. The quantitative estimate of drug-likeness (QED) is 0.531. The molecule has 0 aromatic heterocycles.